The van der Waals surface area contributed by atoms with E-state index in [0.717, 1.165) is 6.54 Å². The van der Waals surface area contributed by atoms with Gasteiger partial charge in [0, 0.05) is 6.54 Å². The monoisotopic (exact) mass is 159 g/mol. The van der Waals surface area contributed by atoms with E-state index in [1.807, 2.05) is 0 Å². The summed E-state index contributed by atoms with van der Waals surface area (Å²) in [5, 5.41) is 0. The molecule has 0 bridgehead atoms. The van der Waals surface area contributed by atoms with Crippen molar-refractivity contribution in [1.29, 1.82) is 0 Å². The van der Waals surface area contributed by atoms with Crippen molar-refractivity contribution in [3.8, 4) is 0 Å². The van der Waals surface area contributed by atoms with E-state index >= 15 is 0 Å². The Labute approximate surface area is 70.3 Å². The highest BCUT2D eigenvalue weighted by atomic mass is 16.6. The van der Waals surface area contributed by atoms with Crippen LogP contribution in [0, 0.1) is 11.3 Å². The van der Waals surface area contributed by atoms with Gasteiger partial charge in [-0.1, -0.05) is 27.7 Å². The van der Waals surface area contributed by atoms with Crippen molar-refractivity contribution in [1.82, 2.24) is 5.48 Å². The lowest BCUT2D eigenvalue weighted by atomic mass is 9.77. The van der Waals surface area contributed by atoms with E-state index < -0.39 is 0 Å². The first kappa shape index (κ1) is 10.9. The molecule has 2 heteroatoms. The van der Waals surface area contributed by atoms with E-state index in [1.165, 1.54) is 6.42 Å². The minimum Gasteiger partial charge on any atom is -0.305 e. The molecule has 0 aliphatic carbocycles. The molecule has 0 aromatic heterocycles. The van der Waals surface area contributed by atoms with Crippen molar-refractivity contribution < 1.29 is 4.84 Å². The molecule has 0 saturated carbocycles. The summed E-state index contributed by atoms with van der Waals surface area (Å²) in [4.78, 5) is 4.84. The van der Waals surface area contributed by atoms with Gasteiger partial charge in [0.2, 0.25) is 0 Å². The number of hydroxylamine groups is 1. The Morgan fingerprint density at radius 3 is 2.27 bits per heavy atom. The molecule has 0 spiro atoms. The van der Waals surface area contributed by atoms with Gasteiger partial charge in [-0.05, 0) is 17.8 Å². The predicted octanol–water partition coefficient (Wildman–Crippen LogP) is 2.21. The van der Waals surface area contributed by atoms with Crippen LogP contribution < -0.4 is 5.48 Å². The third kappa shape index (κ3) is 3.21. The van der Waals surface area contributed by atoms with E-state index in [2.05, 4.69) is 33.2 Å². The first-order valence-corrected chi connectivity index (χ1v) is 4.32. The lowest BCUT2D eigenvalue weighted by Crippen LogP contribution is -2.35. The maximum atomic E-state index is 4.84. The highest BCUT2D eigenvalue weighted by Gasteiger charge is 2.25. The van der Waals surface area contributed by atoms with Crippen molar-refractivity contribution in [3.05, 3.63) is 0 Å². The molecule has 0 fully saturated rings. The number of hydrogen-bond acceptors (Lipinski definition) is 2. The van der Waals surface area contributed by atoms with E-state index in [9.17, 15) is 0 Å². The minimum absolute atomic E-state index is 0.357. The van der Waals surface area contributed by atoms with Crippen LogP contribution in [0.15, 0.2) is 0 Å². The van der Waals surface area contributed by atoms with Gasteiger partial charge in [0.15, 0.2) is 0 Å². The molecule has 0 heterocycles. The standard InChI is InChI=1S/C9H21NO/c1-6-9(4,8(2)3)7-10-11-5/h8,10H,6-7H2,1-5H3/t9-/m1/s1. The molecule has 0 aliphatic rings. The SMILES string of the molecule is CC[C@](C)(CNOC)C(C)C. The zero-order valence-corrected chi connectivity index (χ0v) is 8.40. The van der Waals surface area contributed by atoms with E-state index in [1.54, 1.807) is 7.11 Å². The van der Waals surface area contributed by atoms with Crippen LogP contribution in [-0.4, -0.2) is 13.7 Å². The van der Waals surface area contributed by atoms with Crippen molar-refractivity contribution in [3.63, 3.8) is 0 Å². The first-order valence-electron chi connectivity index (χ1n) is 4.32. The molecule has 68 valence electrons. The molecule has 11 heavy (non-hydrogen) atoms. The van der Waals surface area contributed by atoms with Crippen molar-refractivity contribution >= 4 is 0 Å². The van der Waals surface area contributed by atoms with Gasteiger partial charge in [0.1, 0.15) is 0 Å². The smallest absolute Gasteiger partial charge is 0.0572 e. The van der Waals surface area contributed by atoms with Crippen LogP contribution in [0.1, 0.15) is 34.1 Å². The number of hydrogen-bond donors (Lipinski definition) is 1. The molecular formula is C9H21NO. The Morgan fingerprint density at radius 2 is 2.00 bits per heavy atom. The molecule has 0 saturated heterocycles. The van der Waals surface area contributed by atoms with Crippen LogP contribution >= 0.6 is 0 Å². The van der Waals surface area contributed by atoms with Crippen LogP contribution in [0.4, 0.5) is 0 Å². The van der Waals surface area contributed by atoms with Gasteiger partial charge in [-0.15, -0.1) is 0 Å². The molecule has 1 N–H and O–H groups in total. The van der Waals surface area contributed by atoms with Gasteiger partial charge >= 0.3 is 0 Å². The summed E-state index contributed by atoms with van der Waals surface area (Å²) in [6.45, 7) is 9.93. The summed E-state index contributed by atoms with van der Waals surface area (Å²) in [5.41, 5.74) is 3.28. The number of nitrogens with one attached hydrogen (secondary N) is 1. The molecule has 0 radical (unpaired) electrons. The van der Waals surface area contributed by atoms with Gasteiger partial charge in [-0.3, -0.25) is 0 Å². The minimum atomic E-state index is 0.357. The Bertz CT molecular complexity index is 104. The molecule has 2 nitrogen and oxygen atoms in total. The molecule has 0 unspecified atom stereocenters. The lowest BCUT2D eigenvalue weighted by molar-refractivity contribution is 0.0437. The summed E-state index contributed by atoms with van der Waals surface area (Å²) < 4.78 is 0. The van der Waals surface area contributed by atoms with Crippen LogP contribution in [0.3, 0.4) is 0 Å². The average molecular weight is 159 g/mol. The molecule has 0 aromatic carbocycles. The fourth-order valence-electron chi connectivity index (χ4n) is 0.974. The van der Waals surface area contributed by atoms with Crippen LogP contribution in [0.5, 0.6) is 0 Å². The summed E-state index contributed by atoms with van der Waals surface area (Å²) in [6, 6.07) is 0. The summed E-state index contributed by atoms with van der Waals surface area (Å²) in [7, 11) is 1.66. The Morgan fingerprint density at radius 1 is 1.45 bits per heavy atom. The van der Waals surface area contributed by atoms with Crippen LogP contribution in [0.2, 0.25) is 0 Å². The quantitative estimate of drug-likeness (QED) is 0.621. The van der Waals surface area contributed by atoms with Crippen molar-refractivity contribution in [2.75, 3.05) is 13.7 Å². The highest BCUT2D eigenvalue weighted by molar-refractivity contribution is 4.76. The van der Waals surface area contributed by atoms with Crippen LogP contribution in [0.25, 0.3) is 0 Å². The zero-order chi connectivity index (χ0) is 8.91. The van der Waals surface area contributed by atoms with Gasteiger partial charge < -0.3 is 4.84 Å². The zero-order valence-electron chi connectivity index (χ0n) is 8.40. The normalized spacial score (nSPS) is 16.9. The second kappa shape index (κ2) is 4.73. The third-order valence-corrected chi connectivity index (χ3v) is 2.82. The second-order valence-electron chi connectivity index (χ2n) is 3.69. The van der Waals surface area contributed by atoms with Crippen LogP contribution in [-0.2, 0) is 4.84 Å². The molecule has 0 aliphatic heterocycles. The van der Waals surface area contributed by atoms with Gasteiger partial charge in [0.25, 0.3) is 0 Å². The first-order chi connectivity index (χ1) is 5.06. The fourth-order valence-corrected chi connectivity index (χ4v) is 0.974. The molecular weight excluding hydrogens is 138 g/mol. The Hall–Kier alpha value is -0.0800. The maximum absolute atomic E-state index is 4.84. The average Bonchev–Trinajstić information content (AvgIpc) is 2.00. The maximum Gasteiger partial charge on any atom is 0.0572 e. The summed E-state index contributed by atoms with van der Waals surface area (Å²) in [5.74, 6) is 0.690. The molecule has 0 aromatic rings. The van der Waals surface area contributed by atoms with Crippen molar-refractivity contribution in [2.24, 2.45) is 11.3 Å². The number of rotatable bonds is 5. The molecule has 1 atom stereocenters. The Balaban J connectivity index is 3.88. The van der Waals surface area contributed by atoms with Gasteiger partial charge in [0.05, 0.1) is 7.11 Å². The second-order valence-corrected chi connectivity index (χ2v) is 3.69. The van der Waals surface area contributed by atoms with Gasteiger partial charge in [-0.25, -0.2) is 5.48 Å². The summed E-state index contributed by atoms with van der Waals surface area (Å²) in [6.07, 6.45) is 1.18. The lowest BCUT2D eigenvalue weighted by Gasteiger charge is -2.32. The van der Waals surface area contributed by atoms with E-state index in [4.69, 9.17) is 4.84 Å². The summed E-state index contributed by atoms with van der Waals surface area (Å²) >= 11 is 0. The molecule has 0 amide bonds. The van der Waals surface area contributed by atoms with E-state index in [-0.39, 0.29) is 0 Å². The predicted molar refractivity (Wildman–Crippen MR) is 48.2 cm³/mol. The topological polar surface area (TPSA) is 21.3 Å². The van der Waals surface area contributed by atoms with Gasteiger partial charge in [-0.2, -0.15) is 0 Å². The fraction of sp³-hybridized carbons (Fsp3) is 1.00. The Kier molecular flexibility index (Phi) is 4.69. The third-order valence-electron chi connectivity index (χ3n) is 2.82. The highest BCUT2D eigenvalue weighted by Crippen LogP contribution is 2.29. The van der Waals surface area contributed by atoms with Crippen molar-refractivity contribution in [2.45, 2.75) is 34.1 Å². The largest absolute Gasteiger partial charge is 0.305 e. The molecule has 0 rings (SSSR count). The van der Waals surface area contributed by atoms with E-state index in [0.29, 0.717) is 11.3 Å².